The Morgan fingerprint density at radius 2 is 2.19 bits per heavy atom. The Bertz CT molecular complexity index is 605. The van der Waals surface area contributed by atoms with Gasteiger partial charge in [0.05, 0.1) is 19.4 Å². The van der Waals surface area contributed by atoms with Crippen LogP contribution in [-0.4, -0.2) is 24.8 Å². The van der Waals surface area contributed by atoms with Crippen LogP contribution in [0.15, 0.2) is 42.6 Å². The van der Waals surface area contributed by atoms with E-state index in [1.54, 1.807) is 24.4 Å². The normalized spacial score (nSPS) is 10.0. The van der Waals surface area contributed by atoms with Gasteiger partial charge in [-0.1, -0.05) is 17.7 Å². The van der Waals surface area contributed by atoms with Crippen molar-refractivity contribution in [3.05, 3.63) is 53.3 Å². The molecule has 5 nitrogen and oxygen atoms in total. The Hall–Kier alpha value is -2.27. The van der Waals surface area contributed by atoms with E-state index in [0.717, 1.165) is 5.69 Å². The molecule has 1 aromatic heterocycles. The zero-order chi connectivity index (χ0) is 15.1. The fourth-order valence-corrected chi connectivity index (χ4v) is 1.87. The second-order valence-electron chi connectivity index (χ2n) is 4.18. The van der Waals surface area contributed by atoms with Crippen LogP contribution in [0.1, 0.15) is 5.69 Å². The van der Waals surface area contributed by atoms with Crippen LogP contribution >= 0.6 is 11.6 Å². The molecule has 0 saturated carbocycles. The number of amides is 1. The number of ether oxygens (including phenoxy) is 2. The summed E-state index contributed by atoms with van der Waals surface area (Å²) < 4.78 is 10.2. The first kappa shape index (κ1) is 15.1. The molecule has 0 aliphatic rings. The molecule has 1 heterocycles. The van der Waals surface area contributed by atoms with Crippen LogP contribution in [0.3, 0.4) is 0 Å². The minimum Gasteiger partial charge on any atom is -0.495 e. The van der Waals surface area contributed by atoms with Gasteiger partial charge in [0, 0.05) is 29.4 Å². The maximum Gasteiger partial charge on any atom is 0.411 e. The van der Waals surface area contributed by atoms with Gasteiger partial charge in [0.15, 0.2) is 0 Å². The summed E-state index contributed by atoms with van der Waals surface area (Å²) in [5.41, 5.74) is 1.37. The minimum absolute atomic E-state index is 0.249. The molecule has 2 aromatic rings. The van der Waals surface area contributed by atoms with Crippen LogP contribution in [0.25, 0.3) is 0 Å². The van der Waals surface area contributed by atoms with Crippen molar-refractivity contribution in [2.24, 2.45) is 0 Å². The highest BCUT2D eigenvalue weighted by atomic mass is 35.5. The SMILES string of the molecule is COc1cc(Cl)ccc1NC(=O)OCCc1ccccn1. The number of rotatable bonds is 5. The van der Waals surface area contributed by atoms with Crippen LogP contribution in [-0.2, 0) is 11.2 Å². The first-order valence-corrected chi connectivity index (χ1v) is 6.74. The van der Waals surface area contributed by atoms with E-state index < -0.39 is 6.09 Å². The predicted octanol–water partition coefficient (Wildman–Crippen LogP) is 3.53. The van der Waals surface area contributed by atoms with Crippen molar-refractivity contribution >= 4 is 23.4 Å². The van der Waals surface area contributed by atoms with Crippen LogP contribution in [0.4, 0.5) is 10.5 Å². The average Bonchev–Trinajstić information content (AvgIpc) is 2.50. The molecule has 0 aliphatic heterocycles. The quantitative estimate of drug-likeness (QED) is 0.918. The number of nitrogens with one attached hydrogen (secondary N) is 1. The summed E-state index contributed by atoms with van der Waals surface area (Å²) in [5.74, 6) is 0.476. The van der Waals surface area contributed by atoms with Crippen LogP contribution < -0.4 is 10.1 Å². The number of pyridine rings is 1. The number of methoxy groups -OCH3 is 1. The van der Waals surface area contributed by atoms with E-state index in [0.29, 0.717) is 22.9 Å². The molecule has 2 rings (SSSR count). The summed E-state index contributed by atoms with van der Waals surface area (Å²) >= 11 is 5.85. The number of anilines is 1. The van der Waals surface area contributed by atoms with Crippen LogP contribution in [0.5, 0.6) is 5.75 Å². The van der Waals surface area contributed by atoms with E-state index in [9.17, 15) is 4.79 Å². The molecular formula is C15H15ClN2O3. The molecule has 6 heteroatoms. The predicted molar refractivity (Wildman–Crippen MR) is 80.9 cm³/mol. The zero-order valence-electron chi connectivity index (χ0n) is 11.5. The average molecular weight is 307 g/mol. The van der Waals surface area contributed by atoms with Crippen molar-refractivity contribution in [1.29, 1.82) is 0 Å². The highest BCUT2D eigenvalue weighted by Gasteiger charge is 2.09. The summed E-state index contributed by atoms with van der Waals surface area (Å²) in [5, 5.41) is 3.14. The molecule has 0 radical (unpaired) electrons. The van der Waals surface area contributed by atoms with E-state index in [1.165, 1.54) is 7.11 Å². The van der Waals surface area contributed by atoms with Crippen molar-refractivity contribution < 1.29 is 14.3 Å². The van der Waals surface area contributed by atoms with E-state index in [-0.39, 0.29) is 6.61 Å². The molecule has 0 fully saturated rings. The van der Waals surface area contributed by atoms with E-state index in [2.05, 4.69) is 10.3 Å². The highest BCUT2D eigenvalue weighted by Crippen LogP contribution is 2.27. The van der Waals surface area contributed by atoms with Gasteiger partial charge in [0.25, 0.3) is 0 Å². The molecule has 21 heavy (non-hydrogen) atoms. The number of hydrogen-bond acceptors (Lipinski definition) is 4. The van der Waals surface area contributed by atoms with Gasteiger partial charge in [-0.15, -0.1) is 0 Å². The van der Waals surface area contributed by atoms with Gasteiger partial charge >= 0.3 is 6.09 Å². The standard InChI is InChI=1S/C15H15ClN2O3/c1-20-14-10-11(16)5-6-13(14)18-15(19)21-9-7-12-4-2-3-8-17-12/h2-6,8,10H,7,9H2,1H3,(H,18,19). The first-order valence-electron chi connectivity index (χ1n) is 6.36. The summed E-state index contributed by atoms with van der Waals surface area (Å²) in [7, 11) is 1.50. The maximum atomic E-state index is 11.7. The lowest BCUT2D eigenvalue weighted by Crippen LogP contribution is -2.16. The van der Waals surface area contributed by atoms with E-state index >= 15 is 0 Å². The fourth-order valence-electron chi connectivity index (χ4n) is 1.71. The molecule has 0 unspecified atom stereocenters. The lowest BCUT2D eigenvalue weighted by atomic mass is 10.3. The number of aromatic nitrogens is 1. The van der Waals surface area contributed by atoms with Crippen molar-refractivity contribution in [3.63, 3.8) is 0 Å². The van der Waals surface area contributed by atoms with E-state index in [4.69, 9.17) is 21.1 Å². The maximum absolute atomic E-state index is 11.7. The summed E-state index contributed by atoms with van der Waals surface area (Å²) in [4.78, 5) is 15.9. The molecule has 1 amide bonds. The van der Waals surface area contributed by atoms with Crippen molar-refractivity contribution in [2.75, 3.05) is 19.0 Å². The fraction of sp³-hybridized carbons (Fsp3) is 0.200. The Labute approximate surface area is 127 Å². The smallest absolute Gasteiger partial charge is 0.411 e. The van der Waals surface area contributed by atoms with Crippen molar-refractivity contribution in [1.82, 2.24) is 4.98 Å². The number of carbonyl (C=O) groups is 1. The van der Waals surface area contributed by atoms with Crippen molar-refractivity contribution in [3.8, 4) is 5.75 Å². The third-order valence-corrected chi connectivity index (χ3v) is 2.95. The molecule has 0 atom stereocenters. The second-order valence-corrected chi connectivity index (χ2v) is 4.61. The Morgan fingerprint density at radius 1 is 1.33 bits per heavy atom. The minimum atomic E-state index is -0.549. The highest BCUT2D eigenvalue weighted by molar-refractivity contribution is 6.30. The van der Waals surface area contributed by atoms with Gasteiger partial charge in [-0.3, -0.25) is 10.3 Å². The molecule has 0 saturated heterocycles. The third kappa shape index (κ3) is 4.65. The second kappa shape index (κ2) is 7.50. The molecule has 0 aliphatic carbocycles. The van der Waals surface area contributed by atoms with Gasteiger partial charge in [-0.05, 0) is 24.3 Å². The molecule has 110 valence electrons. The molecule has 0 spiro atoms. The number of nitrogens with zero attached hydrogens (tertiary/aromatic N) is 1. The number of benzene rings is 1. The summed E-state index contributed by atoms with van der Waals surface area (Å²) in [6, 6.07) is 10.5. The molecular weight excluding hydrogens is 292 g/mol. The Balaban J connectivity index is 1.85. The van der Waals surface area contributed by atoms with E-state index in [1.807, 2.05) is 18.2 Å². The molecule has 1 N–H and O–H groups in total. The van der Waals surface area contributed by atoms with Gasteiger partial charge in [0.1, 0.15) is 5.75 Å². The van der Waals surface area contributed by atoms with Gasteiger partial charge < -0.3 is 9.47 Å². The van der Waals surface area contributed by atoms with Gasteiger partial charge in [0.2, 0.25) is 0 Å². The summed E-state index contributed by atoms with van der Waals surface area (Å²) in [6.45, 7) is 0.249. The topological polar surface area (TPSA) is 60.5 Å². The largest absolute Gasteiger partial charge is 0.495 e. The van der Waals surface area contributed by atoms with Crippen molar-refractivity contribution in [2.45, 2.75) is 6.42 Å². The van der Waals surface area contributed by atoms with Gasteiger partial charge in [-0.25, -0.2) is 4.79 Å². The molecule has 0 bridgehead atoms. The third-order valence-electron chi connectivity index (χ3n) is 2.72. The summed E-state index contributed by atoms with van der Waals surface area (Å²) in [6.07, 6.45) is 1.71. The van der Waals surface area contributed by atoms with Gasteiger partial charge in [-0.2, -0.15) is 0 Å². The van der Waals surface area contributed by atoms with Crippen LogP contribution in [0, 0.1) is 0 Å². The lowest BCUT2D eigenvalue weighted by Gasteiger charge is -2.10. The first-order chi connectivity index (χ1) is 10.2. The monoisotopic (exact) mass is 306 g/mol. The Kier molecular flexibility index (Phi) is 5.40. The number of hydrogen-bond donors (Lipinski definition) is 1. The number of halogens is 1. The Morgan fingerprint density at radius 3 is 2.90 bits per heavy atom. The number of carbonyl (C=O) groups excluding carboxylic acids is 1. The zero-order valence-corrected chi connectivity index (χ0v) is 12.3. The van der Waals surface area contributed by atoms with Crippen LogP contribution in [0.2, 0.25) is 5.02 Å². The molecule has 1 aromatic carbocycles. The lowest BCUT2D eigenvalue weighted by molar-refractivity contribution is 0.162.